The van der Waals surface area contributed by atoms with Gasteiger partial charge in [-0.15, -0.1) is 0 Å². The predicted molar refractivity (Wildman–Crippen MR) is 95.0 cm³/mol. The van der Waals surface area contributed by atoms with Gasteiger partial charge in [-0.1, -0.05) is 19.4 Å². The summed E-state index contributed by atoms with van der Waals surface area (Å²) >= 11 is 0. The third-order valence-corrected chi connectivity index (χ3v) is 4.13. The molecule has 0 radical (unpaired) electrons. The molecule has 0 spiro atoms. The number of likely N-dealkylation sites (tertiary alicyclic amines) is 1. The number of amides is 1. The number of pyridine rings is 1. The minimum absolute atomic E-state index is 0.0968. The van der Waals surface area contributed by atoms with Crippen molar-refractivity contribution in [2.75, 3.05) is 13.7 Å². The van der Waals surface area contributed by atoms with Crippen LogP contribution in [0.1, 0.15) is 52.0 Å². The molecule has 132 valence electrons. The number of hydrogen-bond donors (Lipinski definition) is 0. The lowest BCUT2D eigenvalue weighted by Crippen LogP contribution is -2.43. The molecule has 1 aliphatic rings. The second kappa shape index (κ2) is 7.69. The Morgan fingerprint density at radius 2 is 2.08 bits per heavy atom. The first-order chi connectivity index (χ1) is 11.3. The number of methoxy groups -OCH3 is 1. The lowest BCUT2D eigenvalue weighted by molar-refractivity contribution is 0.0212. The molecule has 1 atom stereocenters. The van der Waals surface area contributed by atoms with Crippen LogP contribution in [0, 0.1) is 0 Å². The van der Waals surface area contributed by atoms with Crippen molar-refractivity contribution in [3.63, 3.8) is 0 Å². The Morgan fingerprint density at radius 3 is 2.75 bits per heavy atom. The van der Waals surface area contributed by atoms with E-state index in [4.69, 9.17) is 9.47 Å². The number of rotatable bonds is 3. The zero-order valence-electron chi connectivity index (χ0n) is 15.2. The summed E-state index contributed by atoms with van der Waals surface area (Å²) in [7, 11) is 1.63. The Hall–Kier alpha value is -2.04. The lowest BCUT2D eigenvalue weighted by atomic mass is 9.96. The topological polar surface area (TPSA) is 51.7 Å². The average Bonchev–Trinajstić information content (AvgIpc) is 2.78. The maximum absolute atomic E-state index is 12.7. The van der Waals surface area contributed by atoms with E-state index >= 15 is 0 Å². The van der Waals surface area contributed by atoms with E-state index < -0.39 is 5.60 Å². The summed E-state index contributed by atoms with van der Waals surface area (Å²) in [6, 6.07) is 1.72. The van der Waals surface area contributed by atoms with Crippen LogP contribution < -0.4 is 4.74 Å². The van der Waals surface area contributed by atoms with E-state index in [9.17, 15) is 4.79 Å². The molecule has 1 aliphatic heterocycles. The number of ether oxygens (including phenoxy) is 2. The van der Waals surface area contributed by atoms with Crippen molar-refractivity contribution >= 4 is 11.7 Å². The Balaban J connectivity index is 2.29. The average molecular weight is 332 g/mol. The van der Waals surface area contributed by atoms with Crippen LogP contribution in [0.3, 0.4) is 0 Å². The van der Waals surface area contributed by atoms with Crippen LogP contribution in [0.4, 0.5) is 4.79 Å². The largest absolute Gasteiger partial charge is 0.496 e. The van der Waals surface area contributed by atoms with Gasteiger partial charge in [0.05, 0.1) is 13.2 Å². The molecule has 1 aromatic rings. The van der Waals surface area contributed by atoms with Crippen molar-refractivity contribution in [1.29, 1.82) is 0 Å². The third-order valence-electron chi connectivity index (χ3n) is 4.13. The van der Waals surface area contributed by atoms with Crippen LogP contribution in [0.2, 0.25) is 0 Å². The molecule has 2 heterocycles. The van der Waals surface area contributed by atoms with Crippen LogP contribution in [0.5, 0.6) is 5.75 Å². The van der Waals surface area contributed by atoms with Gasteiger partial charge in [0.1, 0.15) is 11.4 Å². The Kier molecular flexibility index (Phi) is 5.86. The molecule has 0 aliphatic carbocycles. The number of hydrogen-bond acceptors (Lipinski definition) is 4. The second-order valence-corrected chi connectivity index (χ2v) is 7.14. The van der Waals surface area contributed by atoms with Crippen LogP contribution in [-0.2, 0) is 4.74 Å². The highest BCUT2D eigenvalue weighted by atomic mass is 16.6. The van der Waals surface area contributed by atoms with E-state index in [1.807, 2.05) is 31.7 Å². The Morgan fingerprint density at radius 1 is 1.33 bits per heavy atom. The molecule has 0 unspecified atom stereocenters. The quantitative estimate of drug-likeness (QED) is 0.829. The molecule has 1 saturated heterocycles. The maximum atomic E-state index is 12.7. The summed E-state index contributed by atoms with van der Waals surface area (Å²) in [6.45, 7) is 10.6. The first-order valence-corrected chi connectivity index (χ1v) is 8.50. The van der Waals surface area contributed by atoms with Crippen molar-refractivity contribution < 1.29 is 14.3 Å². The highest BCUT2D eigenvalue weighted by Crippen LogP contribution is 2.33. The van der Waals surface area contributed by atoms with Gasteiger partial charge in [0.15, 0.2) is 0 Å². The van der Waals surface area contributed by atoms with E-state index in [0.717, 1.165) is 42.6 Å². The molecular formula is C19H28N2O3. The van der Waals surface area contributed by atoms with Gasteiger partial charge in [0.2, 0.25) is 0 Å². The summed E-state index contributed by atoms with van der Waals surface area (Å²) in [5.74, 6) is 0.725. The van der Waals surface area contributed by atoms with Gasteiger partial charge in [-0.05, 0) is 45.3 Å². The third kappa shape index (κ3) is 4.49. The van der Waals surface area contributed by atoms with Crippen molar-refractivity contribution in [2.24, 2.45) is 0 Å². The van der Waals surface area contributed by atoms with Crippen molar-refractivity contribution in [2.45, 2.75) is 58.1 Å². The van der Waals surface area contributed by atoms with Crippen molar-refractivity contribution in [1.82, 2.24) is 9.88 Å². The molecule has 0 bridgehead atoms. The molecular weight excluding hydrogens is 304 g/mol. The lowest BCUT2D eigenvalue weighted by Gasteiger charge is -2.33. The normalized spacial score (nSPS) is 18.7. The molecule has 2 rings (SSSR count). The standard InChI is InChI=1S/C19H28N2O3/c1-14(15-13-20-11-10-17(15)23-5)16-9-7-6-8-12-21(16)18(22)24-19(2,3)4/h10-11,13,16H,1,6-9,12H2,2-5H3/t16-/m0/s1. The number of carbonyl (C=O) groups excluding carboxylic acids is 1. The Bertz CT molecular complexity index is 593. The van der Waals surface area contributed by atoms with Gasteiger partial charge in [-0.2, -0.15) is 0 Å². The first-order valence-electron chi connectivity index (χ1n) is 8.50. The number of aromatic nitrogens is 1. The number of nitrogens with zero attached hydrogens (tertiary/aromatic N) is 2. The second-order valence-electron chi connectivity index (χ2n) is 7.14. The molecule has 1 aromatic heterocycles. The van der Waals surface area contributed by atoms with E-state index in [0.29, 0.717) is 6.54 Å². The highest BCUT2D eigenvalue weighted by Gasteiger charge is 2.32. The number of carbonyl (C=O) groups is 1. The molecule has 0 aromatic carbocycles. The minimum atomic E-state index is -0.513. The fourth-order valence-corrected chi connectivity index (χ4v) is 2.99. The SMILES string of the molecule is C=C(c1cnccc1OC)[C@@H]1CCCCCN1C(=O)OC(C)(C)C. The van der Waals surface area contributed by atoms with Gasteiger partial charge >= 0.3 is 6.09 Å². The first kappa shape index (κ1) is 18.3. The van der Waals surface area contributed by atoms with Crippen molar-refractivity contribution in [3.8, 4) is 5.75 Å². The molecule has 1 fully saturated rings. The van der Waals surface area contributed by atoms with E-state index in [1.165, 1.54) is 0 Å². The smallest absolute Gasteiger partial charge is 0.410 e. The van der Waals surface area contributed by atoms with Crippen molar-refractivity contribution in [3.05, 3.63) is 30.6 Å². The van der Waals surface area contributed by atoms with Gasteiger partial charge < -0.3 is 14.4 Å². The van der Waals surface area contributed by atoms with Crippen LogP contribution >= 0.6 is 0 Å². The Labute approximate surface area is 144 Å². The zero-order chi connectivity index (χ0) is 17.7. The molecule has 1 amide bonds. The van der Waals surface area contributed by atoms with Gasteiger partial charge in [0.25, 0.3) is 0 Å². The van der Waals surface area contributed by atoms with E-state index in [1.54, 1.807) is 19.5 Å². The van der Waals surface area contributed by atoms with E-state index in [-0.39, 0.29) is 12.1 Å². The van der Waals surface area contributed by atoms with E-state index in [2.05, 4.69) is 11.6 Å². The van der Waals surface area contributed by atoms with Crippen LogP contribution in [0.25, 0.3) is 5.57 Å². The molecule has 24 heavy (non-hydrogen) atoms. The summed E-state index contributed by atoms with van der Waals surface area (Å²) in [5, 5.41) is 0. The summed E-state index contributed by atoms with van der Waals surface area (Å²) in [5.41, 5.74) is 1.19. The summed E-state index contributed by atoms with van der Waals surface area (Å²) in [6.07, 6.45) is 7.17. The summed E-state index contributed by atoms with van der Waals surface area (Å²) in [4.78, 5) is 18.7. The zero-order valence-corrected chi connectivity index (χ0v) is 15.2. The molecule has 0 saturated carbocycles. The molecule has 5 nitrogen and oxygen atoms in total. The monoisotopic (exact) mass is 332 g/mol. The maximum Gasteiger partial charge on any atom is 0.410 e. The van der Waals surface area contributed by atoms with Crippen LogP contribution in [0.15, 0.2) is 25.0 Å². The predicted octanol–water partition coefficient (Wildman–Crippen LogP) is 4.28. The minimum Gasteiger partial charge on any atom is -0.496 e. The summed E-state index contributed by atoms with van der Waals surface area (Å²) < 4.78 is 11.0. The van der Waals surface area contributed by atoms with Gasteiger partial charge in [-0.25, -0.2) is 4.79 Å². The van der Waals surface area contributed by atoms with Crippen LogP contribution in [-0.4, -0.2) is 41.3 Å². The fourth-order valence-electron chi connectivity index (χ4n) is 2.99. The molecule has 5 heteroatoms. The van der Waals surface area contributed by atoms with Gasteiger partial charge in [0, 0.05) is 24.5 Å². The molecule has 0 N–H and O–H groups in total. The fraction of sp³-hybridized carbons (Fsp3) is 0.579. The van der Waals surface area contributed by atoms with Gasteiger partial charge in [-0.3, -0.25) is 4.98 Å². The highest BCUT2D eigenvalue weighted by molar-refractivity contribution is 5.77.